The van der Waals surface area contributed by atoms with Gasteiger partial charge in [-0.05, 0) is 68.1 Å². The van der Waals surface area contributed by atoms with Gasteiger partial charge in [0.1, 0.15) is 5.82 Å². The lowest BCUT2D eigenvalue weighted by atomic mass is 10.2. The first-order valence-electron chi connectivity index (χ1n) is 5.54. The van der Waals surface area contributed by atoms with E-state index in [1.165, 1.54) is 14.7 Å². The van der Waals surface area contributed by atoms with Gasteiger partial charge >= 0.3 is 0 Å². The van der Waals surface area contributed by atoms with Gasteiger partial charge < -0.3 is 5.32 Å². The molecule has 2 rings (SSSR count). The second-order valence-electron chi connectivity index (χ2n) is 3.88. The third-order valence-corrected chi connectivity index (χ3v) is 4.78. The lowest BCUT2D eigenvalue weighted by molar-refractivity contribution is 0.618. The van der Waals surface area contributed by atoms with Gasteiger partial charge in [-0.15, -0.1) is 11.3 Å². The Morgan fingerprint density at radius 3 is 2.67 bits per heavy atom. The number of rotatable bonds is 5. The predicted octanol–water partition coefficient (Wildman–Crippen LogP) is 4.74. The zero-order valence-electron chi connectivity index (χ0n) is 9.55. The average molecular weight is 393 g/mol. The van der Waals surface area contributed by atoms with Gasteiger partial charge in [0.2, 0.25) is 0 Å². The molecule has 0 bridgehead atoms. The summed E-state index contributed by atoms with van der Waals surface area (Å²) in [7, 11) is 0. The van der Waals surface area contributed by atoms with Crippen LogP contribution in [-0.4, -0.2) is 6.54 Å². The molecule has 1 heterocycles. The van der Waals surface area contributed by atoms with E-state index in [2.05, 4.69) is 49.3 Å². The van der Waals surface area contributed by atoms with Crippen LogP contribution < -0.4 is 5.32 Å². The van der Waals surface area contributed by atoms with Crippen LogP contribution in [0.3, 0.4) is 0 Å². The van der Waals surface area contributed by atoms with Crippen molar-refractivity contribution in [2.75, 3.05) is 6.54 Å². The third-order valence-electron chi connectivity index (χ3n) is 2.49. The van der Waals surface area contributed by atoms with E-state index in [0.717, 1.165) is 25.1 Å². The molecule has 96 valence electrons. The van der Waals surface area contributed by atoms with Crippen LogP contribution in [0.5, 0.6) is 0 Å². The van der Waals surface area contributed by atoms with Crippen LogP contribution in [0, 0.1) is 5.82 Å². The number of hydrogen-bond acceptors (Lipinski definition) is 2. The number of nitrogens with one attached hydrogen (secondary N) is 1. The molecular formula is C13H12Br2FNS. The van der Waals surface area contributed by atoms with Gasteiger partial charge in [-0.3, -0.25) is 0 Å². The largest absolute Gasteiger partial charge is 0.312 e. The van der Waals surface area contributed by atoms with Crippen LogP contribution >= 0.6 is 43.2 Å². The summed E-state index contributed by atoms with van der Waals surface area (Å²) < 4.78 is 14.7. The molecule has 2 aromatic rings. The second-order valence-corrected chi connectivity index (χ2v) is 7.28. The van der Waals surface area contributed by atoms with E-state index in [4.69, 9.17) is 0 Å². The zero-order valence-corrected chi connectivity index (χ0v) is 13.5. The predicted molar refractivity (Wildman–Crippen MR) is 81.5 cm³/mol. The summed E-state index contributed by atoms with van der Waals surface area (Å²) in [5.41, 5.74) is 1.08. The fourth-order valence-corrected chi connectivity index (χ4v) is 3.49. The minimum atomic E-state index is -0.220. The highest BCUT2D eigenvalue weighted by molar-refractivity contribution is 9.11. The van der Waals surface area contributed by atoms with E-state index >= 15 is 0 Å². The maximum absolute atomic E-state index is 13.0. The number of thiophene rings is 1. The van der Waals surface area contributed by atoms with Gasteiger partial charge in [0.05, 0.1) is 8.26 Å². The summed E-state index contributed by atoms with van der Waals surface area (Å²) in [5.74, 6) is -0.220. The van der Waals surface area contributed by atoms with Gasteiger partial charge in [-0.2, -0.15) is 0 Å². The van der Waals surface area contributed by atoms with Gasteiger partial charge in [-0.25, -0.2) is 4.39 Å². The first-order valence-corrected chi connectivity index (χ1v) is 7.94. The van der Waals surface area contributed by atoms with E-state index in [1.54, 1.807) is 17.4 Å². The Bertz CT molecular complexity index is 527. The summed E-state index contributed by atoms with van der Waals surface area (Å²) in [5, 5.41) is 3.35. The lowest BCUT2D eigenvalue weighted by Crippen LogP contribution is -2.16. The summed E-state index contributed by atoms with van der Waals surface area (Å²) in [6.07, 6.45) is 1.01. The van der Waals surface area contributed by atoms with E-state index < -0.39 is 0 Å². The van der Waals surface area contributed by atoms with Crippen molar-refractivity contribution < 1.29 is 4.39 Å². The first kappa shape index (κ1) is 14.2. The standard InChI is InChI=1S/C13H12Br2FNS/c14-11-7-9(1-3-12(11)16)8-17-6-5-10-2-4-13(15)18-10/h1-4,7,17H,5-6,8H2. The second kappa shape index (κ2) is 6.80. The molecule has 0 saturated carbocycles. The fourth-order valence-electron chi connectivity index (χ4n) is 1.58. The van der Waals surface area contributed by atoms with Crippen LogP contribution in [0.25, 0.3) is 0 Å². The van der Waals surface area contributed by atoms with Crippen molar-refractivity contribution in [3.8, 4) is 0 Å². The van der Waals surface area contributed by atoms with Crippen molar-refractivity contribution in [1.82, 2.24) is 5.32 Å². The van der Waals surface area contributed by atoms with Crippen molar-refractivity contribution in [3.63, 3.8) is 0 Å². The number of halogens is 3. The molecule has 0 saturated heterocycles. The summed E-state index contributed by atoms with van der Waals surface area (Å²) in [4.78, 5) is 1.36. The van der Waals surface area contributed by atoms with Crippen LogP contribution in [0.2, 0.25) is 0 Å². The van der Waals surface area contributed by atoms with Gasteiger partial charge in [0, 0.05) is 18.0 Å². The molecule has 18 heavy (non-hydrogen) atoms. The molecule has 0 atom stereocenters. The van der Waals surface area contributed by atoms with E-state index in [-0.39, 0.29) is 5.82 Å². The van der Waals surface area contributed by atoms with Crippen molar-refractivity contribution >= 4 is 43.2 Å². The molecule has 0 aliphatic carbocycles. The molecule has 1 aromatic heterocycles. The maximum Gasteiger partial charge on any atom is 0.137 e. The molecule has 1 N–H and O–H groups in total. The topological polar surface area (TPSA) is 12.0 Å². The quantitative estimate of drug-likeness (QED) is 0.724. The van der Waals surface area contributed by atoms with E-state index in [9.17, 15) is 4.39 Å². The Kier molecular flexibility index (Phi) is 5.36. The molecule has 1 aromatic carbocycles. The first-order chi connectivity index (χ1) is 8.65. The van der Waals surface area contributed by atoms with Crippen molar-refractivity contribution in [2.24, 2.45) is 0 Å². The number of hydrogen-bond donors (Lipinski definition) is 1. The van der Waals surface area contributed by atoms with E-state index in [1.807, 2.05) is 6.07 Å². The van der Waals surface area contributed by atoms with Gasteiger partial charge in [-0.1, -0.05) is 6.07 Å². The molecule has 0 unspecified atom stereocenters. The summed E-state index contributed by atoms with van der Waals surface area (Å²) in [6, 6.07) is 9.29. The van der Waals surface area contributed by atoms with Crippen LogP contribution in [0.15, 0.2) is 38.6 Å². The van der Waals surface area contributed by atoms with Gasteiger partial charge in [0.15, 0.2) is 0 Å². The highest BCUT2D eigenvalue weighted by atomic mass is 79.9. The Hall–Kier alpha value is -0.230. The molecule has 0 radical (unpaired) electrons. The van der Waals surface area contributed by atoms with Crippen molar-refractivity contribution in [3.05, 3.63) is 54.8 Å². The molecule has 0 spiro atoms. The molecule has 0 aliphatic heterocycles. The van der Waals surface area contributed by atoms with Crippen LogP contribution in [0.1, 0.15) is 10.4 Å². The zero-order chi connectivity index (χ0) is 13.0. The van der Waals surface area contributed by atoms with E-state index in [0.29, 0.717) is 4.47 Å². The molecule has 1 nitrogen and oxygen atoms in total. The number of benzene rings is 1. The minimum Gasteiger partial charge on any atom is -0.312 e. The van der Waals surface area contributed by atoms with Crippen LogP contribution in [0.4, 0.5) is 4.39 Å². The third kappa shape index (κ3) is 4.16. The summed E-state index contributed by atoms with van der Waals surface area (Å²) >= 11 is 8.40. The molecule has 5 heteroatoms. The van der Waals surface area contributed by atoms with Crippen LogP contribution in [-0.2, 0) is 13.0 Å². The average Bonchev–Trinajstić information content (AvgIpc) is 2.75. The Labute approximate surface area is 127 Å². The Morgan fingerprint density at radius 2 is 2.00 bits per heavy atom. The van der Waals surface area contributed by atoms with Crippen molar-refractivity contribution in [1.29, 1.82) is 0 Å². The maximum atomic E-state index is 13.0. The summed E-state index contributed by atoms with van der Waals surface area (Å²) in [6.45, 7) is 1.67. The molecule has 0 amide bonds. The highest BCUT2D eigenvalue weighted by Gasteiger charge is 2.01. The Morgan fingerprint density at radius 1 is 1.17 bits per heavy atom. The SMILES string of the molecule is Fc1ccc(CNCCc2ccc(Br)s2)cc1Br. The van der Waals surface area contributed by atoms with Crippen molar-refractivity contribution in [2.45, 2.75) is 13.0 Å². The fraction of sp³-hybridized carbons (Fsp3) is 0.231. The lowest BCUT2D eigenvalue weighted by Gasteiger charge is -2.05. The normalized spacial score (nSPS) is 10.8. The van der Waals surface area contributed by atoms with Gasteiger partial charge in [0.25, 0.3) is 0 Å². The minimum absolute atomic E-state index is 0.220. The molecular weight excluding hydrogens is 381 g/mol. The molecule has 0 aliphatic rings. The highest BCUT2D eigenvalue weighted by Crippen LogP contribution is 2.22. The monoisotopic (exact) mass is 391 g/mol. The molecule has 0 fully saturated rings. The smallest absolute Gasteiger partial charge is 0.137 e. The Balaban J connectivity index is 1.76.